The van der Waals surface area contributed by atoms with Crippen LogP contribution < -0.4 is 20.5 Å². The van der Waals surface area contributed by atoms with E-state index in [2.05, 4.69) is 14.9 Å². The van der Waals surface area contributed by atoms with Crippen LogP contribution in [-0.4, -0.2) is 22.3 Å². The zero-order valence-corrected chi connectivity index (χ0v) is 9.86. The van der Waals surface area contributed by atoms with E-state index in [4.69, 9.17) is 15.2 Å². The Morgan fingerprint density at radius 2 is 2.17 bits per heavy atom. The standard InChI is InChI=1S/C10H8N4O3S/c11-5-1-8-9(17-4-16-8)2-6(5)12-10(15)7-3-18-14-13-7/h1-3H,4,11H2,(H,12,15). The number of amides is 1. The molecule has 0 fully saturated rings. The van der Waals surface area contributed by atoms with E-state index in [1.807, 2.05) is 0 Å². The second kappa shape index (κ2) is 4.15. The number of nitrogens with one attached hydrogen (secondary N) is 1. The Morgan fingerprint density at radius 1 is 1.39 bits per heavy atom. The maximum Gasteiger partial charge on any atom is 0.277 e. The molecule has 3 rings (SSSR count). The Kier molecular flexibility index (Phi) is 2.49. The van der Waals surface area contributed by atoms with E-state index >= 15 is 0 Å². The topological polar surface area (TPSA) is 99.4 Å². The minimum Gasteiger partial charge on any atom is -0.454 e. The van der Waals surface area contributed by atoms with Gasteiger partial charge in [0.1, 0.15) is 0 Å². The van der Waals surface area contributed by atoms with Gasteiger partial charge in [0.05, 0.1) is 11.4 Å². The molecule has 0 atom stereocenters. The lowest BCUT2D eigenvalue weighted by atomic mass is 10.2. The van der Waals surface area contributed by atoms with Gasteiger partial charge in [0.25, 0.3) is 5.91 Å². The lowest BCUT2D eigenvalue weighted by Gasteiger charge is -2.07. The van der Waals surface area contributed by atoms with Crippen molar-refractivity contribution in [1.82, 2.24) is 9.59 Å². The second-order valence-corrected chi connectivity index (χ2v) is 4.15. The maximum atomic E-state index is 11.8. The molecular weight excluding hydrogens is 256 g/mol. The Bertz CT molecular complexity index is 599. The van der Waals surface area contributed by atoms with Gasteiger partial charge in [0.15, 0.2) is 17.2 Å². The fourth-order valence-corrected chi connectivity index (χ4v) is 1.95. The van der Waals surface area contributed by atoms with Crippen LogP contribution >= 0.6 is 11.5 Å². The highest BCUT2D eigenvalue weighted by molar-refractivity contribution is 7.03. The number of nitrogens with zero attached hydrogens (tertiary/aromatic N) is 2. The third-order valence-corrected chi connectivity index (χ3v) is 2.89. The zero-order valence-electron chi connectivity index (χ0n) is 9.04. The van der Waals surface area contributed by atoms with E-state index in [1.54, 1.807) is 17.5 Å². The normalized spacial score (nSPS) is 12.4. The molecule has 0 spiro atoms. The van der Waals surface area contributed by atoms with E-state index in [0.29, 0.717) is 22.9 Å². The fraction of sp³-hybridized carbons (Fsp3) is 0.100. The van der Waals surface area contributed by atoms with Gasteiger partial charge in [-0.1, -0.05) is 4.49 Å². The highest BCUT2D eigenvalue weighted by Crippen LogP contribution is 2.38. The van der Waals surface area contributed by atoms with Gasteiger partial charge in [-0.2, -0.15) is 0 Å². The van der Waals surface area contributed by atoms with Crippen LogP contribution in [0.15, 0.2) is 17.5 Å². The number of nitrogens with two attached hydrogens (primary N) is 1. The molecule has 92 valence electrons. The van der Waals surface area contributed by atoms with Crippen LogP contribution in [0.3, 0.4) is 0 Å². The van der Waals surface area contributed by atoms with E-state index in [-0.39, 0.29) is 18.4 Å². The van der Waals surface area contributed by atoms with Crippen LogP contribution in [0.25, 0.3) is 0 Å². The number of fused-ring (bicyclic) bond motifs is 1. The van der Waals surface area contributed by atoms with Gasteiger partial charge in [-0.3, -0.25) is 4.79 Å². The molecule has 7 nitrogen and oxygen atoms in total. The first kappa shape index (κ1) is 10.8. The number of carbonyl (C=O) groups excluding carboxylic acids is 1. The average Bonchev–Trinajstić information content (AvgIpc) is 2.98. The summed E-state index contributed by atoms with van der Waals surface area (Å²) in [6.07, 6.45) is 0. The summed E-state index contributed by atoms with van der Waals surface area (Å²) in [5.74, 6) is 0.756. The van der Waals surface area contributed by atoms with Gasteiger partial charge >= 0.3 is 0 Å². The Hall–Kier alpha value is -2.35. The number of rotatable bonds is 2. The molecule has 0 saturated carbocycles. The minimum absolute atomic E-state index is 0.155. The predicted octanol–water partition coefficient (Wildman–Crippen LogP) is 1.10. The van der Waals surface area contributed by atoms with Crippen molar-refractivity contribution in [3.05, 3.63) is 23.2 Å². The number of aromatic nitrogens is 2. The van der Waals surface area contributed by atoms with Crippen molar-refractivity contribution in [1.29, 1.82) is 0 Å². The Labute approximate surface area is 106 Å². The second-order valence-electron chi connectivity index (χ2n) is 3.54. The molecule has 1 aromatic heterocycles. The molecule has 1 amide bonds. The average molecular weight is 264 g/mol. The molecule has 1 aliphatic rings. The molecule has 0 saturated heterocycles. The molecule has 0 unspecified atom stereocenters. The molecule has 0 aliphatic carbocycles. The van der Waals surface area contributed by atoms with Gasteiger partial charge in [0.2, 0.25) is 6.79 Å². The summed E-state index contributed by atoms with van der Waals surface area (Å²) in [5.41, 5.74) is 6.91. The van der Waals surface area contributed by atoms with Crippen LogP contribution in [0.4, 0.5) is 11.4 Å². The first-order valence-electron chi connectivity index (χ1n) is 5.01. The van der Waals surface area contributed by atoms with Gasteiger partial charge in [-0.25, -0.2) is 0 Å². The van der Waals surface area contributed by atoms with Crippen LogP contribution in [0.2, 0.25) is 0 Å². The molecule has 0 bridgehead atoms. The molecule has 2 aromatic rings. The quantitative estimate of drug-likeness (QED) is 0.788. The molecule has 2 heterocycles. The number of ether oxygens (including phenoxy) is 2. The smallest absolute Gasteiger partial charge is 0.277 e. The number of hydrogen-bond acceptors (Lipinski definition) is 7. The molecule has 1 aromatic carbocycles. The van der Waals surface area contributed by atoms with E-state index in [0.717, 1.165) is 11.5 Å². The van der Waals surface area contributed by atoms with Crippen molar-refractivity contribution in [3.8, 4) is 11.5 Å². The SMILES string of the molecule is Nc1cc2c(cc1NC(=O)c1csnn1)OCO2. The number of anilines is 2. The van der Waals surface area contributed by atoms with Crippen molar-refractivity contribution >= 4 is 28.8 Å². The van der Waals surface area contributed by atoms with Gasteiger partial charge in [0, 0.05) is 17.5 Å². The zero-order chi connectivity index (χ0) is 12.5. The summed E-state index contributed by atoms with van der Waals surface area (Å²) < 4.78 is 14.0. The third kappa shape index (κ3) is 1.82. The van der Waals surface area contributed by atoms with Crippen molar-refractivity contribution < 1.29 is 14.3 Å². The van der Waals surface area contributed by atoms with Crippen LogP contribution in [0, 0.1) is 0 Å². The molecule has 8 heteroatoms. The van der Waals surface area contributed by atoms with E-state index in [1.165, 1.54) is 0 Å². The van der Waals surface area contributed by atoms with Crippen molar-refractivity contribution in [2.45, 2.75) is 0 Å². The lowest BCUT2D eigenvalue weighted by molar-refractivity contribution is 0.102. The summed E-state index contributed by atoms with van der Waals surface area (Å²) in [5, 5.41) is 7.88. The first-order chi connectivity index (χ1) is 8.74. The molecule has 0 radical (unpaired) electrons. The van der Waals surface area contributed by atoms with E-state index in [9.17, 15) is 4.79 Å². The van der Waals surface area contributed by atoms with Crippen molar-refractivity contribution in [3.63, 3.8) is 0 Å². The summed E-state index contributed by atoms with van der Waals surface area (Å²) in [7, 11) is 0. The lowest BCUT2D eigenvalue weighted by Crippen LogP contribution is -2.13. The maximum absolute atomic E-state index is 11.8. The number of benzene rings is 1. The van der Waals surface area contributed by atoms with Crippen molar-refractivity contribution in [2.24, 2.45) is 0 Å². The minimum atomic E-state index is -0.366. The predicted molar refractivity (Wildman–Crippen MR) is 64.8 cm³/mol. The Morgan fingerprint density at radius 3 is 2.89 bits per heavy atom. The Balaban J connectivity index is 1.87. The first-order valence-corrected chi connectivity index (χ1v) is 5.85. The molecule has 1 aliphatic heterocycles. The van der Waals surface area contributed by atoms with Gasteiger partial charge in [-0.15, -0.1) is 5.10 Å². The summed E-state index contributed by atoms with van der Waals surface area (Å²) in [4.78, 5) is 11.8. The number of nitrogen functional groups attached to an aromatic ring is 1. The fourth-order valence-electron chi connectivity index (χ4n) is 1.52. The van der Waals surface area contributed by atoms with Crippen LogP contribution in [0.1, 0.15) is 10.5 Å². The summed E-state index contributed by atoms with van der Waals surface area (Å²) in [6, 6.07) is 3.23. The van der Waals surface area contributed by atoms with E-state index < -0.39 is 0 Å². The van der Waals surface area contributed by atoms with Crippen LogP contribution in [0.5, 0.6) is 11.5 Å². The monoisotopic (exact) mass is 264 g/mol. The number of carbonyl (C=O) groups is 1. The third-order valence-electron chi connectivity index (χ3n) is 2.39. The van der Waals surface area contributed by atoms with Crippen LogP contribution in [-0.2, 0) is 0 Å². The highest BCUT2D eigenvalue weighted by Gasteiger charge is 2.18. The number of hydrogen-bond donors (Lipinski definition) is 2. The molecule has 3 N–H and O–H groups in total. The molecular formula is C10H8N4O3S. The highest BCUT2D eigenvalue weighted by atomic mass is 32.1. The van der Waals surface area contributed by atoms with Crippen molar-refractivity contribution in [2.75, 3.05) is 17.8 Å². The summed E-state index contributed by atoms with van der Waals surface area (Å²) >= 11 is 1.10. The largest absolute Gasteiger partial charge is 0.454 e. The summed E-state index contributed by atoms with van der Waals surface area (Å²) in [6.45, 7) is 0.155. The van der Waals surface area contributed by atoms with Gasteiger partial charge in [-0.05, 0) is 11.5 Å². The molecule has 18 heavy (non-hydrogen) atoms. The van der Waals surface area contributed by atoms with Gasteiger partial charge < -0.3 is 20.5 Å².